The van der Waals surface area contributed by atoms with E-state index in [2.05, 4.69) is 5.32 Å². The van der Waals surface area contributed by atoms with Crippen molar-refractivity contribution < 1.29 is 19.5 Å². The van der Waals surface area contributed by atoms with E-state index in [9.17, 15) is 14.4 Å². The first-order valence-corrected chi connectivity index (χ1v) is 7.74. The van der Waals surface area contributed by atoms with Crippen LogP contribution in [-0.4, -0.2) is 47.4 Å². The van der Waals surface area contributed by atoms with Crippen molar-refractivity contribution in [3.8, 4) is 0 Å². The van der Waals surface area contributed by atoms with Crippen LogP contribution >= 0.6 is 0 Å². The van der Waals surface area contributed by atoms with Crippen LogP contribution in [0.15, 0.2) is 0 Å². The van der Waals surface area contributed by atoms with E-state index < -0.39 is 11.9 Å². The van der Waals surface area contributed by atoms with Crippen LogP contribution < -0.4 is 5.32 Å². The molecule has 0 aromatic rings. The summed E-state index contributed by atoms with van der Waals surface area (Å²) in [4.78, 5) is 36.4. The average molecular weight is 296 g/mol. The van der Waals surface area contributed by atoms with Crippen molar-refractivity contribution in [2.45, 2.75) is 39.0 Å². The van der Waals surface area contributed by atoms with Gasteiger partial charge in [0.05, 0.1) is 12.5 Å². The smallest absolute Gasteiger partial charge is 0.308 e. The summed E-state index contributed by atoms with van der Waals surface area (Å²) in [5, 5.41) is 11.7. The molecule has 6 nitrogen and oxygen atoms in total. The Balaban J connectivity index is 1.72. The summed E-state index contributed by atoms with van der Waals surface area (Å²) in [6.07, 6.45) is 5.09. The lowest BCUT2D eigenvalue weighted by atomic mass is 9.99. The first-order valence-electron chi connectivity index (χ1n) is 7.74. The minimum atomic E-state index is -0.858. The summed E-state index contributed by atoms with van der Waals surface area (Å²) >= 11 is 0. The molecule has 21 heavy (non-hydrogen) atoms. The molecule has 2 aliphatic rings. The standard InChI is InChI=1S/C15H24N2O4/c1-10-8-17(9-12(10)15(20)21)14(19)7-16-13(18)6-11-4-2-3-5-11/h10-12H,2-9H2,1H3,(H,16,18)(H,20,21)/t10-,12-/m1/s1. The van der Waals surface area contributed by atoms with Crippen molar-refractivity contribution in [2.24, 2.45) is 17.8 Å². The number of nitrogens with one attached hydrogen (secondary N) is 1. The van der Waals surface area contributed by atoms with Crippen molar-refractivity contribution in [1.29, 1.82) is 0 Å². The van der Waals surface area contributed by atoms with Crippen LogP contribution in [0.1, 0.15) is 39.0 Å². The third-order valence-corrected chi connectivity index (χ3v) is 4.67. The van der Waals surface area contributed by atoms with Gasteiger partial charge in [-0.15, -0.1) is 0 Å². The number of likely N-dealkylation sites (tertiary alicyclic amines) is 1. The number of carboxylic acid groups (broad SMARTS) is 1. The molecule has 1 heterocycles. The number of hydrogen-bond acceptors (Lipinski definition) is 3. The molecular formula is C15H24N2O4. The van der Waals surface area contributed by atoms with Crippen molar-refractivity contribution in [3.05, 3.63) is 0 Å². The zero-order chi connectivity index (χ0) is 15.4. The molecule has 0 spiro atoms. The van der Waals surface area contributed by atoms with E-state index in [1.54, 1.807) is 4.90 Å². The second-order valence-electron chi connectivity index (χ2n) is 6.35. The summed E-state index contributed by atoms with van der Waals surface area (Å²) in [6, 6.07) is 0. The largest absolute Gasteiger partial charge is 0.481 e. The summed E-state index contributed by atoms with van der Waals surface area (Å²) in [5.74, 6) is -1.20. The van der Waals surface area contributed by atoms with Crippen LogP contribution in [0.3, 0.4) is 0 Å². The maximum atomic E-state index is 12.0. The molecule has 6 heteroatoms. The predicted molar refractivity (Wildman–Crippen MR) is 76.5 cm³/mol. The number of rotatable bonds is 5. The van der Waals surface area contributed by atoms with Gasteiger partial charge in [0.15, 0.2) is 0 Å². The minimum Gasteiger partial charge on any atom is -0.481 e. The molecule has 118 valence electrons. The SMILES string of the molecule is C[C@@H]1CN(C(=O)CNC(=O)CC2CCCC2)C[C@H]1C(=O)O. The van der Waals surface area contributed by atoms with Crippen LogP contribution in [0, 0.1) is 17.8 Å². The summed E-state index contributed by atoms with van der Waals surface area (Å²) in [5.41, 5.74) is 0. The molecule has 0 bridgehead atoms. The lowest BCUT2D eigenvalue weighted by Crippen LogP contribution is -2.39. The van der Waals surface area contributed by atoms with E-state index in [0.717, 1.165) is 12.8 Å². The van der Waals surface area contributed by atoms with E-state index >= 15 is 0 Å². The molecule has 1 saturated heterocycles. The molecule has 0 aromatic heterocycles. The van der Waals surface area contributed by atoms with Crippen LogP contribution in [-0.2, 0) is 14.4 Å². The third-order valence-electron chi connectivity index (χ3n) is 4.67. The Kier molecular flexibility index (Phi) is 5.20. The molecule has 1 aliphatic heterocycles. The fourth-order valence-electron chi connectivity index (χ4n) is 3.33. The number of carboxylic acids is 1. The summed E-state index contributed by atoms with van der Waals surface area (Å²) < 4.78 is 0. The number of carbonyl (C=O) groups is 3. The highest BCUT2D eigenvalue weighted by Gasteiger charge is 2.36. The highest BCUT2D eigenvalue weighted by Crippen LogP contribution is 2.27. The number of aliphatic carboxylic acids is 1. The Morgan fingerprint density at radius 3 is 2.43 bits per heavy atom. The second-order valence-corrected chi connectivity index (χ2v) is 6.35. The van der Waals surface area contributed by atoms with Gasteiger partial charge in [-0.05, 0) is 24.7 Å². The molecule has 2 amide bonds. The highest BCUT2D eigenvalue weighted by atomic mass is 16.4. The Hall–Kier alpha value is -1.59. The molecule has 1 aliphatic carbocycles. The molecule has 0 aromatic carbocycles. The topological polar surface area (TPSA) is 86.7 Å². The molecule has 1 saturated carbocycles. The van der Waals surface area contributed by atoms with Gasteiger partial charge in [0.25, 0.3) is 0 Å². The van der Waals surface area contributed by atoms with Gasteiger partial charge in [0.1, 0.15) is 0 Å². The highest BCUT2D eigenvalue weighted by molar-refractivity contribution is 5.85. The average Bonchev–Trinajstić information content (AvgIpc) is 3.05. The molecule has 0 unspecified atom stereocenters. The summed E-state index contributed by atoms with van der Waals surface area (Å²) in [6.45, 7) is 2.51. The van der Waals surface area contributed by atoms with Crippen LogP contribution in [0.2, 0.25) is 0 Å². The van der Waals surface area contributed by atoms with Crippen molar-refractivity contribution >= 4 is 17.8 Å². The van der Waals surface area contributed by atoms with Crippen LogP contribution in [0.4, 0.5) is 0 Å². The van der Waals surface area contributed by atoms with Crippen LogP contribution in [0.25, 0.3) is 0 Å². The normalized spacial score (nSPS) is 26.0. The maximum absolute atomic E-state index is 12.0. The van der Waals surface area contributed by atoms with E-state index in [1.165, 1.54) is 12.8 Å². The molecule has 2 N–H and O–H groups in total. The number of carbonyl (C=O) groups excluding carboxylic acids is 2. The van der Waals surface area contributed by atoms with E-state index in [1.807, 2.05) is 6.92 Å². The Morgan fingerprint density at radius 1 is 1.19 bits per heavy atom. The monoisotopic (exact) mass is 296 g/mol. The van der Waals surface area contributed by atoms with Crippen molar-refractivity contribution in [2.75, 3.05) is 19.6 Å². The lowest BCUT2D eigenvalue weighted by molar-refractivity contribution is -0.142. The van der Waals surface area contributed by atoms with Gasteiger partial charge < -0.3 is 15.3 Å². The first kappa shape index (κ1) is 15.8. The first-order chi connectivity index (χ1) is 9.97. The van der Waals surface area contributed by atoms with Crippen LogP contribution in [0.5, 0.6) is 0 Å². The van der Waals surface area contributed by atoms with Crippen molar-refractivity contribution in [3.63, 3.8) is 0 Å². The quantitative estimate of drug-likeness (QED) is 0.788. The fraction of sp³-hybridized carbons (Fsp3) is 0.800. The predicted octanol–water partition coefficient (Wildman–Crippen LogP) is 0.862. The van der Waals surface area contributed by atoms with Gasteiger partial charge in [0.2, 0.25) is 11.8 Å². The van der Waals surface area contributed by atoms with E-state index in [0.29, 0.717) is 18.9 Å². The maximum Gasteiger partial charge on any atom is 0.308 e. The molecule has 2 atom stereocenters. The van der Waals surface area contributed by atoms with Gasteiger partial charge in [-0.2, -0.15) is 0 Å². The van der Waals surface area contributed by atoms with Gasteiger partial charge in [-0.25, -0.2) is 0 Å². The zero-order valence-corrected chi connectivity index (χ0v) is 12.5. The Morgan fingerprint density at radius 2 is 1.86 bits per heavy atom. The van der Waals surface area contributed by atoms with Gasteiger partial charge in [-0.3, -0.25) is 14.4 Å². The molecule has 2 fully saturated rings. The lowest BCUT2D eigenvalue weighted by Gasteiger charge is -2.16. The van der Waals surface area contributed by atoms with Crippen molar-refractivity contribution in [1.82, 2.24) is 10.2 Å². The zero-order valence-electron chi connectivity index (χ0n) is 12.5. The number of amides is 2. The Labute approximate surface area is 124 Å². The van der Waals surface area contributed by atoms with E-state index in [4.69, 9.17) is 5.11 Å². The molecular weight excluding hydrogens is 272 g/mol. The third kappa shape index (κ3) is 4.19. The second kappa shape index (κ2) is 6.91. The van der Waals surface area contributed by atoms with E-state index in [-0.39, 0.29) is 30.8 Å². The summed E-state index contributed by atoms with van der Waals surface area (Å²) in [7, 11) is 0. The fourth-order valence-corrected chi connectivity index (χ4v) is 3.33. The number of hydrogen-bond donors (Lipinski definition) is 2. The number of nitrogens with zero attached hydrogens (tertiary/aromatic N) is 1. The molecule has 2 rings (SSSR count). The molecule has 0 radical (unpaired) electrons. The minimum absolute atomic E-state index is 0.0232. The van der Waals surface area contributed by atoms with Gasteiger partial charge in [0, 0.05) is 19.5 Å². The Bertz CT molecular complexity index is 418. The van der Waals surface area contributed by atoms with Gasteiger partial charge in [-0.1, -0.05) is 19.8 Å². The van der Waals surface area contributed by atoms with Gasteiger partial charge >= 0.3 is 5.97 Å².